The fraction of sp³-hybridized carbons (Fsp3) is 0.762. The van der Waals surface area contributed by atoms with Crippen LogP contribution in [0, 0.1) is 0 Å². The summed E-state index contributed by atoms with van der Waals surface area (Å²) in [6.45, 7) is 6.49. The van der Waals surface area contributed by atoms with Gasteiger partial charge in [-0.15, -0.1) is 0 Å². The second-order valence-electron chi connectivity index (χ2n) is 19.5. The molecule has 0 aromatic heterocycles. The van der Waals surface area contributed by atoms with E-state index in [2.05, 4.69) is 93.7 Å². The summed E-state index contributed by atoms with van der Waals surface area (Å²) in [5.74, 6) is -0.930. The molecule has 0 saturated heterocycles. The maximum Gasteiger partial charge on any atom is 0.306 e. The molecule has 6 heteroatoms. The molecule has 398 valence electrons. The Hall–Kier alpha value is -3.15. The van der Waals surface area contributed by atoms with Crippen molar-refractivity contribution in [3.8, 4) is 0 Å². The standard InChI is InChI=1S/C63H110O6/c1-4-7-10-13-16-19-22-25-28-30-31-33-35-38-41-44-47-50-53-56-62(65)68-59-60(58-67-61(64)55-52-49-46-43-40-37-34-27-24-21-18-15-12-9-6-3)69-63(66)57-54-51-48-45-42-39-36-32-29-26-23-20-17-14-11-8-5-2/h9,12,17-18,20-21,26-27,29,34,40,43,60H,4-8,10-11,13-16,19,22-25,28,30-33,35-39,41-42,44-59H2,1-3H3/b12-9-,20-17-,21-18-,29-26-,34-27-,43-40-/t60-/m1/s1. The van der Waals surface area contributed by atoms with Gasteiger partial charge in [-0.25, -0.2) is 0 Å². The van der Waals surface area contributed by atoms with Crippen LogP contribution in [0.1, 0.15) is 290 Å². The highest BCUT2D eigenvalue weighted by Gasteiger charge is 2.19. The van der Waals surface area contributed by atoms with Crippen molar-refractivity contribution in [3.05, 3.63) is 72.9 Å². The number of esters is 3. The van der Waals surface area contributed by atoms with E-state index in [1.54, 1.807) is 0 Å². The second kappa shape index (κ2) is 57.4. The first-order chi connectivity index (χ1) is 34.0. The van der Waals surface area contributed by atoms with Crippen LogP contribution in [0.15, 0.2) is 72.9 Å². The van der Waals surface area contributed by atoms with E-state index in [1.165, 1.54) is 154 Å². The van der Waals surface area contributed by atoms with Gasteiger partial charge in [0.2, 0.25) is 0 Å². The molecule has 69 heavy (non-hydrogen) atoms. The lowest BCUT2D eigenvalue weighted by molar-refractivity contribution is -0.167. The van der Waals surface area contributed by atoms with E-state index >= 15 is 0 Å². The van der Waals surface area contributed by atoms with E-state index in [9.17, 15) is 14.4 Å². The Morgan fingerprint density at radius 2 is 0.565 bits per heavy atom. The maximum absolute atomic E-state index is 12.9. The molecule has 0 amide bonds. The van der Waals surface area contributed by atoms with Gasteiger partial charge in [0.15, 0.2) is 6.10 Å². The number of hydrogen-bond acceptors (Lipinski definition) is 6. The quantitative estimate of drug-likeness (QED) is 0.0262. The van der Waals surface area contributed by atoms with Gasteiger partial charge in [-0.3, -0.25) is 14.4 Å². The summed E-state index contributed by atoms with van der Waals surface area (Å²) in [5.41, 5.74) is 0. The molecule has 0 N–H and O–H groups in total. The van der Waals surface area contributed by atoms with Crippen LogP contribution in [0.5, 0.6) is 0 Å². The number of carbonyl (C=O) groups excluding carboxylic acids is 3. The first kappa shape index (κ1) is 65.8. The van der Waals surface area contributed by atoms with Crippen LogP contribution in [0.3, 0.4) is 0 Å². The first-order valence-corrected chi connectivity index (χ1v) is 29.4. The smallest absolute Gasteiger partial charge is 0.306 e. The lowest BCUT2D eigenvalue weighted by Crippen LogP contribution is -2.30. The maximum atomic E-state index is 12.9. The number of rotatable bonds is 53. The highest BCUT2D eigenvalue weighted by Crippen LogP contribution is 2.16. The first-order valence-electron chi connectivity index (χ1n) is 29.4. The molecule has 6 nitrogen and oxygen atoms in total. The molecular formula is C63H110O6. The monoisotopic (exact) mass is 963 g/mol. The fourth-order valence-electron chi connectivity index (χ4n) is 8.29. The Morgan fingerprint density at radius 3 is 0.942 bits per heavy atom. The molecule has 0 bridgehead atoms. The van der Waals surface area contributed by atoms with Crippen LogP contribution in [0.25, 0.3) is 0 Å². The van der Waals surface area contributed by atoms with Crippen molar-refractivity contribution in [2.75, 3.05) is 13.2 Å². The molecule has 0 aliphatic carbocycles. The van der Waals surface area contributed by atoms with Crippen molar-refractivity contribution in [1.29, 1.82) is 0 Å². The summed E-state index contributed by atoms with van der Waals surface area (Å²) in [5, 5.41) is 0. The highest BCUT2D eigenvalue weighted by atomic mass is 16.6. The Bertz CT molecular complexity index is 1290. The van der Waals surface area contributed by atoms with Gasteiger partial charge in [0, 0.05) is 19.3 Å². The van der Waals surface area contributed by atoms with Gasteiger partial charge in [0.1, 0.15) is 13.2 Å². The van der Waals surface area contributed by atoms with E-state index in [4.69, 9.17) is 14.2 Å². The summed E-state index contributed by atoms with van der Waals surface area (Å²) in [7, 11) is 0. The Kier molecular flexibility index (Phi) is 54.8. The molecule has 0 rings (SSSR count). The SMILES string of the molecule is CC/C=C\C/C=C\C/C=C\C/C=C\CCCCC(=O)OC[C@H](COC(=O)CCCCCCCCCCCCCCCCCCCCC)OC(=O)CCCCCCCCC/C=C\C/C=C\CCCCC. The summed E-state index contributed by atoms with van der Waals surface area (Å²) in [4.78, 5) is 38.2. The second-order valence-corrected chi connectivity index (χ2v) is 19.5. The van der Waals surface area contributed by atoms with Crippen LogP contribution < -0.4 is 0 Å². The molecular weight excluding hydrogens is 853 g/mol. The van der Waals surface area contributed by atoms with Gasteiger partial charge < -0.3 is 14.2 Å². The minimum absolute atomic E-state index is 0.0895. The average molecular weight is 964 g/mol. The third-order valence-electron chi connectivity index (χ3n) is 12.7. The molecule has 0 aromatic rings. The lowest BCUT2D eigenvalue weighted by atomic mass is 10.0. The average Bonchev–Trinajstić information content (AvgIpc) is 3.35. The number of unbranched alkanes of at least 4 members (excludes halogenated alkanes) is 30. The van der Waals surface area contributed by atoms with E-state index in [0.29, 0.717) is 19.3 Å². The summed E-state index contributed by atoms with van der Waals surface area (Å²) in [6.07, 6.45) is 73.2. The van der Waals surface area contributed by atoms with Crippen LogP contribution in [-0.2, 0) is 28.6 Å². The zero-order chi connectivity index (χ0) is 50.0. The highest BCUT2D eigenvalue weighted by molar-refractivity contribution is 5.71. The van der Waals surface area contributed by atoms with Crippen LogP contribution >= 0.6 is 0 Å². The number of allylic oxidation sites excluding steroid dienone is 12. The molecule has 0 aliphatic rings. The minimum atomic E-state index is -0.796. The zero-order valence-electron chi connectivity index (χ0n) is 45.6. The van der Waals surface area contributed by atoms with Gasteiger partial charge in [0.25, 0.3) is 0 Å². The van der Waals surface area contributed by atoms with E-state index < -0.39 is 6.10 Å². The molecule has 0 heterocycles. The molecule has 0 unspecified atom stereocenters. The molecule has 0 spiro atoms. The van der Waals surface area contributed by atoms with Gasteiger partial charge >= 0.3 is 17.9 Å². The molecule has 0 radical (unpaired) electrons. The molecule has 1 atom stereocenters. The third-order valence-corrected chi connectivity index (χ3v) is 12.7. The minimum Gasteiger partial charge on any atom is -0.462 e. The largest absolute Gasteiger partial charge is 0.462 e. The van der Waals surface area contributed by atoms with Gasteiger partial charge in [-0.1, -0.05) is 254 Å². The molecule has 0 aromatic carbocycles. The van der Waals surface area contributed by atoms with Crippen molar-refractivity contribution in [1.82, 2.24) is 0 Å². The Labute approximate surface area is 427 Å². The van der Waals surface area contributed by atoms with Gasteiger partial charge in [-0.2, -0.15) is 0 Å². The van der Waals surface area contributed by atoms with E-state index in [1.807, 2.05) is 0 Å². The van der Waals surface area contributed by atoms with Crippen molar-refractivity contribution < 1.29 is 28.6 Å². The molecule has 0 saturated carbocycles. The van der Waals surface area contributed by atoms with Crippen molar-refractivity contribution in [3.63, 3.8) is 0 Å². The van der Waals surface area contributed by atoms with Crippen LogP contribution in [-0.4, -0.2) is 37.2 Å². The van der Waals surface area contributed by atoms with Crippen molar-refractivity contribution in [2.24, 2.45) is 0 Å². The number of carbonyl (C=O) groups is 3. The molecule has 0 aliphatic heterocycles. The van der Waals surface area contributed by atoms with Crippen LogP contribution in [0.4, 0.5) is 0 Å². The van der Waals surface area contributed by atoms with Crippen LogP contribution in [0.2, 0.25) is 0 Å². The number of hydrogen-bond donors (Lipinski definition) is 0. The Morgan fingerprint density at radius 1 is 0.304 bits per heavy atom. The summed E-state index contributed by atoms with van der Waals surface area (Å²) < 4.78 is 16.8. The summed E-state index contributed by atoms with van der Waals surface area (Å²) in [6, 6.07) is 0. The summed E-state index contributed by atoms with van der Waals surface area (Å²) >= 11 is 0. The van der Waals surface area contributed by atoms with Gasteiger partial charge in [0.05, 0.1) is 0 Å². The van der Waals surface area contributed by atoms with Crippen molar-refractivity contribution in [2.45, 2.75) is 297 Å². The topological polar surface area (TPSA) is 78.9 Å². The Balaban J connectivity index is 4.41. The predicted molar refractivity (Wildman–Crippen MR) is 298 cm³/mol. The van der Waals surface area contributed by atoms with Gasteiger partial charge in [-0.05, 0) is 89.9 Å². The normalized spacial score (nSPS) is 12.6. The predicted octanol–water partition coefficient (Wildman–Crippen LogP) is 19.8. The lowest BCUT2D eigenvalue weighted by Gasteiger charge is -2.18. The number of ether oxygens (including phenoxy) is 3. The van der Waals surface area contributed by atoms with E-state index in [0.717, 1.165) is 96.3 Å². The zero-order valence-corrected chi connectivity index (χ0v) is 45.6. The fourth-order valence-corrected chi connectivity index (χ4v) is 8.29. The van der Waals surface area contributed by atoms with Crippen molar-refractivity contribution >= 4 is 17.9 Å². The molecule has 0 fully saturated rings. The third kappa shape index (κ3) is 55.6. The van der Waals surface area contributed by atoms with E-state index in [-0.39, 0.29) is 31.1 Å².